The molecule has 23 heavy (non-hydrogen) atoms. The smallest absolute Gasteiger partial charge is 0.310 e. The monoisotopic (exact) mass is 350 g/mol. The highest BCUT2D eigenvalue weighted by Crippen LogP contribution is 2.59. The number of ether oxygens (including phenoxy) is 1. The first-order valence-electron chi connectivity index (χ1n) is 6.94. The number of carbonyl (C=O) groups is 1. The van der Waals surface area contributed by atoms with Gasteiger partial charge >= 0.3 is 5.97 Å². The van der Waals surface area contributed by atoms with E-state index in [1.54, 1.807) is 13.0 Å². The van der Waals surface area contributed by atoms with Gasteiger partial charge in [0.1, 0.15) is 11.6 Å². The lowest BCUT2D eigenvalue weighted by Gasteiger charge is -2.10. The highest BCUT2D eigenvalue weighted by molar-refractivity contribution is 6.30. The van der Waals surface area contributed by atoms with E-state index >= 15 is 0 Å². The molecule has 2 nitrogen and oxygen atoms in total. The lowest BCUT2D eigenvalue weighted by Crippen LogP contribution is -2.13. The predicted molar refractivity (Wildman–Crippen MR) is 76.7 cm³/mol. The largest absolute Gasteiger partial charge is 0.460 e. The molecule has 1 aliphatic carbocycles. The summed E-state index contributed by atoms with van der Waals surface area (Å²) in [6.45, 7) is 4.61. The van der Waals surface area contributed by atoms with Crippen LogP contribution in [-0.2, 0) is 16.1 Å². The van der Waals surface area contributed by atoms with Gasteiger partial charge < -0.3 is 4.74 Å². The van der Waals surface area contributed by atoms with Gasteiger partial charge in [-0.3, -0.25) is 4.79 Å². The molecule has 2 atom stereocenters. The fraction of sp³-hybridized carbons (Fsp3) is 0.438. The van der Waals surface area contributed by atoms with Crippen molar-refractivity contribution in [2.75, 3.05) is 0 Å². The zero-order valence-corrected chi connectivity index (χ0v) is 13.5. The van der Waals surface area contributed by atoms with Crippen LogP contribution in [0.25, 0.3) is 0 Å². The highest BCUT2D eigenvalue weighted by atomic mass is 35.5. The molecule has 0 amide bonds. The first-order valence-corrected chi connectivity index (χ1v) is 7.32. The minimum Gasteiger partial charge on any atom is -0.460 e. The number of allylic oxidation sites excluding steroid dienone is 2. The molecule has 0 bridgehead atoms. The Morgan fingerprint density at radius 3 is 2.17 bits per heavy atom. The van der Waals surface area contributed by atoms with E-state index in [-0.39, 0.29) is 11.3 Å². The van der Waals surface area contributed by atoms with Gasteiger partial charge in [0.15, 0.2) is 23.3 Å². The maximum atomic E-state index is 13.7. The third kappa shape index (κ3) is 2.96. The van der Waals surface area contributed by atoms with Crippen molar-refractivity contribution in [1.82, 2.24) is 0 Å². The van der Waals surface area contributed by atoms with E-state index in [1.807, 2.05) is 19.9 Å². The summed E-state index contributed by atoms with van der Waals surface area (Å²) in [4.78, 5) is 12.0. The molecule has 0 aromatic heterocycles. The Morgan fingerprint density at radius 1 is 1.17 bits per heavy atom. The maximum Gasteiger partial charge on any atom is 0.310 e. The molecular formula is C16H15ClF4O2. The van der Waals surface area contributed by atoms with Gasteiger partial charge in [0.2, 0.25) is 0 Å². The third-order valence-corrected chi connectivity index (χ3v) is 4.56. The van der Waals surface area contributed by atoms with Crippen molar-refractivity contribution in [3.05, 3.63) is 46.0 Å². The summed E-state index contributed by atoms with van der Waals surface area (Å²) in [5.74, 6) is -7.94. The molecule has 0 unspecified atom stereocenters. The second kappa shape index (κ2) is 6.15. The molecule has 1 fully saturated rings. The van der Waals surface area contributed by atoms with E-state index in [0.29, 0.717) is 0 Å². The molecule has 2 rings (SSSR count). The number of hydrogen-bond donors (Lipinski definition) is 0. The van der Waals surface area contributed by atoms with Crippen molar-refractivity contribution in [3.8, 4) is 0 Å². The van der Waals surface area contributed by atoms with E-state index in [4.69, 9.17) is 16.3 Å². The Bertz CT molecular complexity index is 656. The lowest BCUT2D eigenvalue weighted by molar-refractivity contribution is -0.147. The van der Waals surface area contributed by atoms with Crippen molar-refractivity contribution >= 4 is 17.6 Å². The first-order chi connectivity index (χ1) is 10.6. The van der Waals surface area contributed by atoms with Crippen LogP contribution in [0.15, 0.2) is 12.2 Å². The molecule has 1 aliphatic rings. The Kier molecular flexibility index (Phi) is 4.76. The van der Waals surface area contributed by atoms with E-state index in [0.717, 1.165) is 0 Å². The van der Waals surface area contributed by atoms with Crippen LogP contribution in [0.3, 0.4) is 0 Å². The van der Waals surface area contributed by atoms with E-state index in [2.05, 4.69) is 0 Å². The quantitative estimate of drug-likeness (QED) is 0.257. The summed E-state index contributed by atoms with van der Waals surface area (Å²) in [5.41, 5.74) is -1.34. The second-order valence-corrected chi connectivity index (χ2v) is 6.38. The number of hydrogen-bond acceptors (Lipinski definition) is 2. The first kappa shape index (κ1) is 17.8. The molecule has 126 valence electrons. The van der Waals surface area contributed by atoms with Gasteiger partial charge in [-0.05, 0) is 18.3 Å². The molecule has 1 saturated carbocycles. The number of rotatable bonds is 4. The van der Waals surface area contributed by atoms with Crippen molar-refractivity contribution in [2.24, 2.45) is 17.3 Å². The molecule has 0 heterocycles. The third-order valence-electron chi connectivity index (χ3n) is 4.22. The Hall–Kier alpha value is -1.56. The van der Waals surface area contributed by atoms with E-state index in [9.17, 15) is 22.4 Å². The molecule has 1 aromatic rings. The number of esters is 1. The predicted octanol–water partition coefficient (Wildman–Crippen LogP) is 4.79. The summed E-state index contributed by atoms with van der Waals surface area (Å²) in [7, 11) is 0. The summed E-state index contributed by atoms with van der Waals surface area (Å²) in [5, 5.41) is -1.27. The van der Waals surface area contributed by atoms with Gasteiger partial charge in [0.25, 0.3) is 0 Å². The average Bonchev–Trinajstić information content (AvgIpc) is 3.04. The van der Waals surface area contributed by atoms with Gasteiger partial charge in [0.05, 0.1) is 11.5 Å². The van der Waals surface area contributed by atoms with Crippen LogP contribution in [0.5, 0.6) is 0 Å². The molecule has 1 aromatic carbocycles. The highest BCUT2D eigenvalue weighted by Gasteiger charge is 2.61. The molecule has 0 aliphatic heterocycles. The Morgan fingerprint density at radius 2 is 1.70 bits per heavy atom. The van der Waals surface area contributed by atoms with Crippen molar-refractivity contribution in [3.63, 3.8) is 0 Å². The minimum absolute atomic E-state index is 0.0478. The molecular weight excluding hydrogens is 336 g/mol. The van der Waals surface area contributed by atoms with E-state index < -0.39 is 52.3 Å². The van der Waals surface area contributed by atoms with Crippen LogP contribution in [0.1, 0.15) is 26.3 Å². The molecule has 7 heteroatoms. The van der Waals surface area contributed by atoms with Crippen LogP contribution < -0.4 is 0 Å². The van der Waals surface area contributed by atoms with Crippen LogP contribution in [0.2, 0.25) is 5.02 Å². The standard InChI is InChI=1S/C16H15ClF4O2/c1-4-5-8-9(16(8,2)3)15(22)23-6-7-11(18)13(20)10(17)14(21)12(7)19/h4-5,8-9H,6H2,1-3H3/t8-,9+/m1/s1. The summed E-state index contributed by atoms with van der Waals surface area (Å²) < 4.78 is 58.8. The van der Waals surface area contributed by atoms with Crippen LogP contribution in [-0.4, -0.2) is 5.97 Å². The van der Waals surface area contributed by atoms with E-state index in [1.165, 1.54) is 0 Å². The second-order valence-electron chi connectivity index (χ2n) is 6.01. The van der Waals surface area contributed by atoms with Crippen LogP contribution >= 0.6 is 11.6 Å². The minimum atomic E-state index is -1.71. The van der Waals surface area contributed by atoms with Crippen molar-refractivity contribution in [2.45, 2.75) is 27.4 Å². The number of benzene rings is 1. The van der Waals surface area contributed by atoms with Gasteiger partial charge in [0, 0.05) is 0 Å². The number of carbonyl (C=O) groups excluding carboxylic acids is 1. The van der Waals surface area contributed by atoms with Crippen molar-refractivity contribution < 1.29 is 27.1 Å². The summed E-state index contributed by atoms with van der Waals surface area (Å²) in [6, 6.07) is 0. The lowest BCUT2D eigenvalue weighted by atomic mass is 10.1. The molecule has 0 saturated heterocycles. The topological polar surface area (TPSA) is 26.3 Å². The van der Waals surface area contributed by atoms with Gasteiger partial charge in [-0.25, -0.2) is 17.6 Å². The Balaban J connectivity index is 2.15. The normalized spacial score (nSPS) is 22.4. The SMILES string of the molecule is CC=C[C@@H]1[C@@H](C(=O)OCc2c(F)c(F)c(Cl)c(F)c2F)C1(C)C. The van der Waals surface area contributed by atoms with Crippen LogP contribution in [0, 0.1) is 40.5 Å². The van der Waals surface area contributed by atoms with Gasteiger partial charge in [-0.15, -0.1) is 0 Å². The van der Waals surface area contributed by atoms with Crippen molar-refractivity contribution in [1.29, 1.82) is 0 Å². The van der Waals surface area contributed by atoms with Gasteiger partial charge in [-0.1, -0.05) is 37.6 Å². The molecule has 0 N–H and O–H groups in total. The summed E-state index contributed by atoms with van der Waals surface area (Å²) >= 11 is 5.13. The molecule has 0 radical (unpaired) electrons. The molecule has 0 spiro atoms. The average molecular weight is 351 g/mol. The zero-order valence-electron chi connectivity index (χ0n) is 12.7. The maximum absolute atomic E-state index is 13.7. The Labute approximate surface area is 136 Å². The van der Waals surface area contributed by atoms with Crippen LogP contribution in [0.4, 0.5) is 17.6 Å². The summed E-state index contributed by atoms with van der Waals surface area (Å²) in [6.07, 6.45) is 3.64. The number of halogens is 5. The zero-order chi connectivity index (χ0) is 17.5. The fourth-order valence-corrected chi connectivity index (χ4v) is 2.87. The van der Waals surface area contributed by atoms with Gasteiger partial charge in [-0.2, -0.15) is 0 Å². The fourth-order valence-electron chi connectivity index (χ4n) is 2.70.